The summed E-state index contributed by atoms with van der Waals surface area (Å²) in [7, 11) is -1.23. The van der Waals surface area contributed by atoms with Crippen LogP contribution in [0.4, 0.5) is 0 Å². The van der Waals surface area contributed by atoms with E-state index in [9.17, 15) is 0 Å². The van der Waals surface area contributed by atoms with E-state index in [1.165, 1.54) is 5.56 Å². The van der Waals surface area contributed by atoms with Gasteiger partial charge in [0.15, 0.2) is 6.29 Å². The van der Waals surface area contributed by atoms with Gasteiger partial charge in [-0.15, -0.1) is 0 Å². The first-order valence-corrected chi connectivity index (χ1v) is 22.0. The van der Waals surface area contributed by atoms with Crippen LogP contribution in [0.15, 0.2) is 146 Å². The summed E-state index contributed by atoms with van der Waals surface area (Å²) in [5.74, 6) is 0. The Bertz CT molecular complexity index is 1710. The van der Waals surface area contributed by atoms with E-state index < -0.39 is 38.8 Å². The van der Waals surface area contributed by atoms with Gasteiger partial charge in [-0.25, -0.2) is 0 Å². The maximum Gasteiger partial charge on any atom is 0.187 e. The molecule has 5 aromatic rings. The first kappa shape index (κ1) is 37.8. The fourth-order valence-corrected chi connectivity index (χ4v) is 7.89. The van der Waals surface area contributed by atoms with Crippen molar-refractivity contribution in [2.24, 2.45) is 0 Å². The van der Waals surface area contributed by atoms with Gasteiger partial charge in [0.2, 0.25) is 0 Å². The second-order valence-electron chi connectivity index (χ2n) is 14.7. The van der Waals surface area contributed by atoms with Crippen LogP contribution in [0.2, 0.25) is 19.6 Å². The highest BCUT2D eigenvalue weighted by Crippen LogP contribution is 2.32. The van der Waals surface area contributed by atoms with E-state index in [2.05, 4.69) is 92.4 Å². The predicted molar refractivity (Wildman–Crippen MR) is 208 cm³/mol. The number of hydrogen-bond acceptors (Lipinski definition) is 6. The average Bonchev–Trinajstić information content (AvgIpc) is 3.17. The quantitative estimate of drug-likeness (QED) is 0.0843. The fraction of sp³-hybridized carbons (Fsp3) is 0.333. The molecule has 0 aliphatic carbocycles. The second kappa shape index (κ2) is 19.2. The first-order chi connectivity index (χ1) is 25.4. The molecule has 0 radical (unpaired) electrons. The summed E-state index contributed by atoms with van der Waals surface area (Å²) >= 11 is 0. The van der Waals surface area contributed by atoms with Crippen molar-refractivity contribution < 1.29 is 28.4 Å². The van der Waals surface area contributed by atoms with E-state index in [-0.39, 0.29) is 6.61 Å². The molecule has 0 spiro atoms. The van der Waals surface area contributed by atoms with E-state index in [1.54, 1.807) is 0 Å². The minimum Gasteiger partial charge on any atom is -0.374 e. The maximum absolute atomic E-state index is 6.85. The molecule has 7 heteroatoms. The molecule has 0 aromatic heterocycles. The lowest BCUT2D eigenvalue weighted by molar-refractivity contribution is -0.330. The zero-order valence-electron chi connectivity index (χ0n) is 30.6. The average molecular weight is 717 g/mol. The summed E-state index contributed by atoms with van der Waals surface area (Å²) < 4.78 is 40.2. The van der Waals surface area contributed by atoms with Gasteiger partial charge in [0.25, 0.3) is 0 Å². The molecule has 6 nitrogen and oxygen atoms in total. The van der Waals surface area contributed by atoms with Gasteiger partial charge in [0, 0.05) is 8.07 Å². The topological polar surface area (TPSA) is 55.4 Å². The Kier molecular flexibility index (Phi) is 14.0. The van der Waals surface area contributed by atoms with Gasteiger partial charge in [-0.1, -0.05) is 171 Å². The van der Waals surface area contributed by atoms with Gasteiger partial charge in [0.05, 0.1) is 39.6 Å². The van der Waals surface area contributed by atoms with Crippen LogP contribution in [-0.4, -0.2) is 45.4 Å². The molecule has 0 unspecified atom stereocenters. The number of hydrogen-bond donors (Lipinski definition) is 0. The highest BCUT2D eigenvalue weighted by atomic mass is 28.3. The van der Waals surface area contributed by atoms with Gasteiger partial charge in [-0.05, 0) is 33.9 Å². The van der Waals surface area contributed by atoms with Gasteiger partial charge in [-0.3, -0.25) is 0 Å². The zero-order valence-corrected chi connectivity index (χ0v) is 31.6. The molecule has 1 fully saturated rings. The van der Waals surface area contributed by atoms with Crippen LogP contribution >= 0.6 is 0 Å². The van der Waals surface area contributed by atoms with Gasteiger partial charge in [0.1, 0.15) is 24.4 Å². The number of ether oxygens (including phenoxy) is 6. The summed E-state index contributed by atoms with van der Waals surface area (Å²) in [4.78, 5) is 0. The van der Waals surface area contributed by atoms with Crippen molar-refractivity contribution in [2.75, 3.05) is 6.61 Å². The summed E-state index contributed by atoms with van der Waals surface area (Å²) in [6.07, 6.45) is -2.87. The van der Waals surface area contributed by atoms with Crippen molar-refractivity contribution in [3.05, 3.63) is 179 Å². The Labute approximate surface area is 310 Å². The van der Waals surface area contributed by atoms with Crippen molar-refractivity contribution in [2.45, 2.75) is 89.4 Å². The Balaban J connectivity index is 1.28. The molecule has 52 heavy (non-hydrogen) atoms. The van der Waals surface area contributed by atoms with Crippen LogP contribution in [0.25, 0.3) is 0 Å². The molecule has 1 aliphatic heterocycles. The Morgan fingerprint density at radius 2 is 0.808 bits per heavy atom. The summed E-state index contributed by atoms with van der Waals surface area (Å²) in [6.45, 7) is 9.42. The van der Waals surface area contributed by atoms with Crippen LogP contribution in [0, 0.1) is 0 Å². The third kappa shape index (κ3) is 11.8. The maximum atomic E-state index is 6.85. The lowest BCUT2D eigenvalue weighted by Crippen LogP contribution is -2.61. The lowest BCUT2D eigenvalue weighted by Gasteiger charge is -2.46. The Morgan fingerprint density at radius 1 is 0.423 bits per heavy atom. The highest BCUT2D eigenvalue weighted by Gasteiger charge is 2.49. The normalized spacial score (nSPS) is 20.5. The molecular weight excluding hydrogens is 665 g/mol. The summed E-state index contributed by atoms with van der Waals surface area (Å²) in [5.41, 5.74) is 6.70. The molecule has 0 amide bonds. The van der Waals surface area contributed by atoms with Gasteiger partial charge >= 0.3 is 0 Å². The van der Waals surface area contributed by atoms with Crippen molar-refractivity contribution in [1.82, 2.24) is 0 Å². The standard InChI is InChI=1S/C45H52O6Si/c1-52(2,3)34-40-26-24-39(25-27-40)32-50-45-44(49-31-38-22-14-7-15-23-38)43(48-30-37-20-12-6-13-21-37)42(47-29-36-18-10-5-11-19-36)41(51-45)33-46-28-35-16-8-4-9-17-35/h4-27,41-45H,28-34H2,1-3H3/t41-,42-,43-,44-,45+/m1/s1. The molecule has 0 bridgehead atoms. The lowest BCUT2D eigenvalue weighted by atomic mass is 9.97. The van der Waals surface area contributed by atoms with E-state index in [4.69, 9.17) is 28.4 Å². The number of rotatable bonds is 18. The molecule has 272 valence electrons. The zero-order chi connectivity index (χ0) is 36.0. The molecule has 0 saturated carbocycles. The molecule has 1 saturated heterocycles. The van der Waals surface area contributed by atoms with Crippen molar-refractivity contribution in [1.29, 1.82) is 0 Å². The van der Waals surface area contributed by atoms with Crippen molar-refractivity contribution >= 4 is 8.07 Å². The molecule has 6 rings (SSSR count). The van der Waals surface area contributed by atoms with E-state index in [0.29, 0.717) is 33.0 Å². The molecule has 1 heterocycles. The van der Waals surface area contributed by atoms with Crippen LogP contribution in [0.3, 0.4) is 0 Å². The van der Waals surface area contributed by atoms with Gasteiger partial charge < -0.3 is 28.4 Å². The number of benzene rings is 5. The van der Waals surface area contributed by atoms with Crippen molar-refractivity contribution in [3.8, 4) is 0 Å². The summed E-state index contributed by atoms with van der Waals surface area (Å²) in [5, 5.41) is 0. The minimum atomic E-state index is -1.23. The van der Waals surface area contributed by atoms with Gasteiger partial charge in [-0.2, -0.15) is 0 Å². The Morgan fingerprint density at radius 3 is 1.29 bits per heavy atom. The second-order valence-corrected chi connectivity index (χ2v) is 20.2. The third-order valence-corrected chi connectivity index (χ3v) is 10.5. The monoisotopic (exact) mass is 716 g/mol. The smallest absolute Gasteiger partial charge is 0.187 e. The van der Waals surface area contributed by atoms with Crippen LogP contribution in [0.5, 0.6) is 0 Å². The summed E-state index contributed by atoms with van der Waals surface area (Å²) in [6, 6.07) is 50.6. The first-order valence-electron chi connectivity index (χ1n) is 18.3. The van der Waals surface area contributed by atoms with E-state index in [1.807, 2.05) is 72.8 Å². The molecule has 5 atom stereocenters. The predicted octanol–water partition coefficient (Wildman–Crippen LogP) is 9.32. The van der Waals surface area contributed by atoms with Crippen LogP contribution in [-0.2, 0) is 67.5 Å². The van der Waals surface area contributed by atoms with Crippen molar-refractivity contribution in [3.63, 3.8) is 0 Å². The van der Waals surface area contributed by atoms with Crippen LogP contribution in [0.1, 0.15) is 33.4 Å². The molecule has 5 aromatic carbocycles. The largest absolute Gasteiger partial charge is 0.374 e. The molecular formula is C45H52O6Si. The molecule has 0 N–H and O–H groups in total. The highest BCUT2D eigenvalue weighted by molar-refractivity contribution is 6.75. The van der Waals surface area contributed by atoms with E-state index in [0.717, 1.165) is 33.9 Å². The fourth-order valence-electron chi connectivity index (χ4n) is 6.43. The van der Waals surface area contributed by atoms with Crippen LogP contribution < -0.4 is 0 Å². The SMILES string of the molecule is C[Si](C)(C)Cc1ccc(CO[C@H]2O[C@H](COCc3ccccc3)[C@@H](OCc3ccccc3)[C@@H](OCc3ccccc3)[C@H]2OCc2ccccc2)cc1. The Hall–Kier alpha value is -3.92. The minimum absolute atomic E-state index is 0.288. The third-order valence-electron chi connectivity index (χ3n) is 9.01. The molecule has 1 aliphatic rings. The van der Waals surface area contributed by atoms with E-state index >= 15 is 0 Å².